The van der Waals surface area contributed by atoms with Gasteiger partial charge in [0, 0.05) is 22.5 Å². The topological polar surface area (TPSA) is 3.24 Å². The molecule has 0 saturated carbocycles. The van der Waals surface area contributed by atoms with Gasteiger partial charge in [-0.15, -0.1) is 0 Å². The van der Waals surface area contributed by atoms with E-state index < -0.39 is 5.41 Å². The van der Waals surface area contributed by atoms with Gasteiger partial charge in [0.25, 0.3) is 0 Å². The Labute approximate surface area is 335 Å². The summed E-state index contributed by atoms with van der Waals surface area (Å²) in [5.74, 6) is 0. The molecule has 0 aromatic heterocycles. The second-order valence-electron chi connectivity index (χ2n) is 16.7. The molecular weight excluding hydrogens is 687 g/mol. The first kappa shape index (κ1) is 33.6. The van der Waals surface area contributed by atoms with E-state index in [9.17, 15) is 0 Å². The summed E-state index contributed by atoms with van der Waals surface area (Å²) >= 11 is 0. The molecule has 0 heterocycles. The average Bonchev–Trinajstić information content (AvgIpc) is 3.67. The Morgan fingerprint density at radius 1 is 0.368 bits per heavy atom. The van der Waals surface area contributed by atoms with Crippen molar-refractivity contribution in [1.29, 1.82) is 0 Å². The Morgan fingerprint density at radius 3 is 1.60 bits per heavy atom. The second-order valence-corrected chi connectivity index (χ2v) is 16.7. The molecule has 272 valence electrons. The van der Waals surface area contributed by atoms with E-state index in [1.54, 1.807) is 0 Å². The monoisotopic (exact) mass is 729 g/mol. The van der Waals surface area contributed by atoms with Crippen molar-refractivity contribution in [2.75, 3.05) is 4.90 Å². The van der Waals surface area contributed by atoms with Gasteiger partial charge in [0.05, 0.1) is 5.41 Å². The molecule has 1 heteroatoms. The Bertz CT molecular complexity index is 3000. The first-order chi connectivity index (χ1) is 27.8. The highest BCUT2D eigenvalue weighted by atomic mass is 15.1. The van der Waals surface area contributed by atoms with Crippen molar-refractivity contribution in [3.8, 4) is 22.3 Å². The van der Waals surface area contributed by atoms with Gasteiger partial charge in [-0.1, -0.05) is 166 Å². The molecule has 2 aliphatic carbocycles. The Balaban J connectivity index is 1.14. The van der Waals surface area contributed by atoms with Crippen LogP contribution < -0.4 is 4.90 Å². The lowest BCUT2D eigenvalue weighted by molar-refractivity contribution is 0.672. The van der Waals surface area contributed by atoms with E-state index in [4.69, 9.17) is 0 Å². The summed E-state index contributed by atoms with van der Waals surface area (Å²) in [4.78, 5) is 2.48. The van der Waals surface area contributed by atoms with Crippen molar-refractivity contribution in [3.05, 3.63) is 233 Å². The quantitative estimate of drug-likeness (QED) is 0.170. The largest absolute Gasteiger partial charge is 0.310 e. The van der Waals surface area contributed by atoms with Crippen LogP contribution in [0.5, 0.6) is 0 Å². The summed E-state index contributed by atoms with van der Waals surface area (Å²) in [7, 11) is 0. The Morgan fingerprint density at radius 2 is 0.895 bits per heavy atom. The first-order valence-corrected chi connectivity index (χ1v) is 20.2. The minimum absolute atomic E-state index is 0.146. The van der Waals surface area contributed by atoms with Crippen LogP contribution in [0.25, 0.3) is 43.8 Å². The minimum atomic E-state index is -0.479. The summed E-state index contributed by atoms with van der Waals surface area (Å²) in [6.45, 7) is 9.23. The Hall–Kier alpha value is -6.70. The highest BCUT2D eigenvalue weighted by molar-refractivity contribution is 6.04. The third-order valence-electron chi connectivity index (χ3n) is 12.9. The number of hydrogen-bond donors (Lipinski definition) is 0. The molecule has 0 bridgehead atoms. The van der Waals surface area contributed by atoms with Crippen LogP contribution in [0.4, 0.5) is 17.1 Å². The third-order valence-corrected chi connectivity index (χ3v) is 12.9. The standard InChI is InChI=1S/C56H43N/c1-36-31-37(2)33-44(32-36)57(42-25-29-46-39(34-42)24-28-50-49-27-23-38-15-11-12-20-45(38)53(49)55(3,4)54(46)50)43-26-30-48-47-21-13-14-22-51(47)56(52(48)35-43,40-16-7-5-8-17-40)41-18-9-6-10-19-41/h5-35H,1-4H3. The van der Waals surface area contributed by atoms with Crippen LogP contribution in [0.3, 0.4) is 0 Å². The average molecular weight is 730 g/mol. The number of rotatable bonds is 5. The van der Waals surface area contributed by atoms with Gasteiger partial charge in [-0.3, -0.25) is 0 Å². The SMILES string of the molecule is Cc1cc(C)cc(N(c2ccc3c(c2)C(c2ccccc2)(c2ccccc2)c2ccccc2-3)c2ccc3c4c(ccc3c2)-c2ccc3ccccc3c2C4(C)C)c1. The molecule has 11 rings (SSSR count). The van der Waals surface area contributed by atoms with E-state index in [0.29, 0.717) is 0 Å². The minimum Gasteiger partial charge on any atom is -0.310 e. The molecule has 57 heavy (non-hydrogen) atoms. The molecule has 1 nitrogen and oxygen atoms in total. The van der Waals surface area contributed by atoms with Crippen LogP contribution in [0, 0.1) is 13.8 Å². The predicted octanol–water partition coefficient (Wildman–Crippen LogP) is 14.7. The van der Waals surface area contributed by atoms with Gasteiger partial charge in [0.1, 0.15) is 0 Å². The zero-order valence-corrected chi connectivity index (χ0v) is 32.8. The number of fused-ring (bicyclic) bond motifs is 10. The van der Waals surface area contributed by atoms with Gasteiger partial charge >= 0.3 is 0 Å². The molecule has 0 N–H and O–H groups in total. The van der Waals surface area contributed by atoms with Gasteiger partial charge in [-0.2, -0.15) is 0 Å². The lowest BCUT2D eigenvalue weighted by Gasteiger charge is -2.35. The number of nitrogens with zero attached hydrogens (tertiary/aromatic N) is 1. The molecule has 0 spiro atoms. The summed E-state index contributed by atoms with van der Waals surface area (Å²) < 4.78 is 0. The van der Waals surface area contributed by atoms with Crippen molar-refractivity contribution in [2.24, 2.45) is 0 Å². The smallest absolute Gasteiger partial charge is 0.0714 e. The molecule has 0 amide bonds. The van der Waals surface area contributed by atoms with Gasteiger partial charge in [-0.25, -0.2) is 0 Å². The summed E-state index contributed by atoms with van der Waals surface area (Å²) in [5, 5.41) is 5.22. The van der Waals surface area contributed by atoms with E-state index in [0.717, 1.165) is 17.1 Å². The molecular formula is C56H43N. The van der Waals surface area contributed by atoms with E-state index >= 15 is 0 Å². The molecule has 0 saturated heterocycles. The highest BCUT2D eigenvalue weighted by Gasteiger charge is 2.46. The van der Waals surface area contributed by atoms with Crippen molar-refractivity contribution >= 4 is 38.6 Å². The summed E-state index contributed by atoms with van der Waals surface area (Å²) in [6.07, 6.45) is 0. The lowest BCUT2D eigenvalue weighted by Crippen LogP contribution is -2.28. The maximum absolute atomic E-state index is 2.48. The third kappa shape index (κ3) is 4.82. The van der Waals surface area contributed by atoms with Gasteiger partial charge in [0.15, 0.2) is 0 Å². The fourth-order valence-electron chi connectivity index (χ4n) is 10.7. The van der Waals surface area contributed by atoms with E-state index in [2.05, 4.69) is 221 Å². The zero-order chi connectivity index (χ0) is 38.5. The van der Waals surface area contributed by atoms with Gasteiger partial charge < -0.3 is 4.90 Å². The number of benzene rings is 9. The molecule has 0 radical (unpaired) electrons. The molecule has 0 atom stereocenters. The van der Waals surface area contributed by atoms with Crippen molar-refractivity contribution in [2.45, 2.75) is 38.5 Å². The molecule has 9 aromatic rings. The van der Waals surface area contributed by atoms with Crippen molar-refractivity contribution in [1.82, 2.24) is 0 Å². The first-order valence-electron chi connectivity index (χ1n) is 20.2. The highest BCUT2D eigenvalue weighted by Crippen LogP contribution is 2.58. The second kappa shape index (κ2) is 12.4. The lowest BCUT2D eigenvalue weighted by atomic mass is 9.67. The summed E-state index contributed by atoms with van der Waals surface area (Å²) in [5.41, 5.74) is 18.6. The van der Waals surface area contributed by atoms with E-state index in [1.807, 2.05) is 0 Å². The van der Waals surface area contributed by atoms with Crippen LogP contribution in [0.2, 0.25) is 0 Å². The van der Waals surface area contributed by atoms with Crippen LogP contribution in [0.1, 0.15) is 58.4 Å². The van der Waals surface area contributed by atoms with Gasteiger partial charge in [-0.05, 0) is 139 Å². The molecule has 0 unspecified atom stereocenters. The molecule has 9 aromatic carbocycles. The van der Waals surface area contributed by atoms with Gasteiger partial charge in [0.2, 0.25) is 0 Å². The summed E-state index contributed by atoms with van der Waals surface area (Å²) in [6, 6.07) is 70.6. The number of aryl methyl sites for hydroxylation is 2. The van der Waals surface area contributed by atoms with Crippen LogP contribution >= 0.6 is 0 Å². The maximum atomic E-state index is 2.48. The Kier molecular flexibility index (Phi) is 7.32. The fraction of sp³-hybridized carbons (Fsp3) is 0.107. The van der Waals surface area contributed by atoms with Crippen LogP contribution in [-0.4, -0.2) is 0 Å². The number of hydrogen-bond acceptors (Lipinski definition) is 1. The molecule has 0 aliphatic heterocycles. The fourth-order valence-corrected chi connectivity index (χ4v) is 10.7. The normalized spacial score (nSPS) is 14.2. The van der Waals surface area contributed by atoms with Crippen molar-refractivity contribution in [3.63, 3.8) is 0 Å². The van der Waals surface area contributed by atoms with Crippen molar-refractivity contribution < 1.29 is 0 Å². The van der Waals surface area contributed by atoms with E-state index in [-0.39, 0.29) is 5.41 Å². The maximum Gasteiger partial charge on any atom is 0.0714 e. The zero-order valence-electron chi connectivity index (χ0n) is 32.8. The molecule has 0 fully saturated rings. The molecule has 2 aliphatic rings. The van der Waals surface area contributed by atoms with E-state index in [1.165, 1.54) is 88.3 Å². The van der Waals surface area contributed by atoms with Crippen LogP contribution in [-0.2, 0) is 10.8 Å². The van der Waals surface area contributed by atoms with Crippen LogP contribution in [0.15, 0.2) is 188 Å². The number of anilines is 3. The predicted molar refractivity (Wildman–Crippen MR) is 240 cm³/mol.